The first kappa shape index (κ1) is 32.6. The number of ether oxygens (including phenoxy) is 2. The number of esters is 1. The second-order valence-corrected chi connectivity index (χ2v) is 11.7. The summed E-state index contributed by atoms with van der Waals surface area (Å²) < 4.78 is 98.2. The molecule has 2 aliphatic rings. The minimum atomic E-state index is -1.50. The van der Waals surface area contributed by atoms with E-state index in [1.807, 2.05) is 6.08 Å². The van der Waals surface area contributed by atoms with Gasteiger partial charge >= 0.3 is 5.97 Å². The number of allylic oxidation sites excluding steroid dienone is 2. The maximum Gasteiger partial charge on any atom is 0.314 e. The molecule has 1 N–H and O–H groups in total. The summed E-state index contributed by atoms with van der Waals surface area (Å²) in [5.41, 5.74) is -0.414. The average molecular weight is 633 g/mol. The second-order valence-electron chi connectivity index (χ2n) is 11.7. The number of hydrogen-bond acceptors (Lipinski definition) is 4. The van der Waals surface area contributed by atoms with Crippen molar-refractivity contribution in [3.63, 3.8) is 0 Å². The lowest BCUT2D eigenvalue weighted by atomic mass is 9.71. The summed E-state index contributed by atoms with van der Waals surface area (Å²) in [7, 11) is 0. The van der Waals surface area contributed by atoms with E-state index in [1.165, 1.54) is 13.0 Å². The van der Waals surface area contributed by atoms with Gasteiger partial charge in [-0.05, 0) is 100 Å². The summed E-state index contributed by atoms with van der Waals surface area (Å²) in [5.74, 6) is -9.03. The number of aliphatic hydroxyl groups excluding tert-OH is 1. The van der Waals surface area contributed by atoms with Gasteiger partial charge in [0.25, 0.3) is 0 Å². The highest BCUT2D eigenvalue weighted by atomic mass is 19.2. The van der Waals surface area contributed by atoms with E-state index < -0.39 is 69.8 Å². The Hall–Kier alpha value is -3.79. The number of halogens is 6. The Kier molecular flexibility index (Phi) is 9.91. The fourth-order valence-electron chi connectivity index (χ4n) is 6.51. The van der Waals surface area contributed by atoms with Crippen LogP contribution in [0.25, 0.3) is 16.7 Å². The highest BCUT2D eigenvalue weighted by Gasteiger charge is 2.33. The molecule has 2 unspecified atom stereocenters. The molecule has 3 aromatic rings. The van der Waals surface area contributed by atoms with E-state index in [2.05, 4.69) is 0 Å². The summed E-state index contributed by atoms with van der Waals surface area (Å²) in [5, 5.41) is 9.57. The Morgan fingerprint density at radius 1 is 0.756 bits per heavy atom. The van der Waals surface area contributed by atoms with Crippen molar-refractivity contribution in [2.45, 2.75) is 64.9 Å². The molecule has 0 saturated heterocycles. The highest BCUT2D eigenvalue weighted by Crippen LogP contribution is 2.43. The number of carbonyl (C=O) groups is 1. The van der Waals surface area contributed by atoms with Gasteiger partial charge in [-0.1, -0.05) is 18.2 Å². The molecule has 5 rings (SSSR count). The molecule has 0 heterocycles. The number of aliphatic hydroxyl groups is 1. The number of carbonyl (C=O) groups excluding carboxylic acids is 1. The van der Waals surface area contributed by atoms with Crippen LogP contribution >= 0.6 is 0 Å². The Balaban J connectivity index is 1.18. The van der Waals surface area contributed by atoms with Gasteiger partial charge < -0.3 is 14.6 Å². The fourth-order valence-corrected chi connectivity index (χ4v) is 6.51. The highest BCUT2D eigenvalue weighted by molar-refractivity contribution is 5.76. The second kappa shape index (κ2) is 13.7. The average Bonchev–Trinajstić information content (AvgIpc) is 3.03. The fraction of sp³-hybridized carbons (Fsp3) is 0.400. The van der Waals surface area contributed by atoms with Gasteiger partial charge in [-0.25, -0.2) is 17.6 Å². The molecule has 0 radical (unpaired) electrons. The lowest BCUT2D eigenvalue weighted by Crippen LogP contribution is -2.29. The van der Waals surface area contributed by atoms with Gasteiger partial charge in [-0.3, -0.25) is 4.79 Å². The molecule has 0 bridgehead atoms. The molecule has 45 heavy (non-hydrogen) atoms. The lowest BCUT2D eigenvalue weighted by molar-refractivity contribution is -0.140. The first-order valence-corrected chi connectivity index (χ1v) is 15.2. The minimum Gasteiger partial charge on any atom is -0.491 e. The van der Waals surface area contributed by atoms with Gasteiger partial charge in [0.2, 0.25) is 11.6 Å². The van der Waals surface area contributed by atoms with Crippen molar-refractivity contribution in [2.75, 3.05) is 6.61 Å². The maximum atomic E-state index is 14.9. The molecule has 3 aromatic carbocycles. The van der Waals surface area contributed by atoms with Crippen LogP contribution in [0.1, 0.15) is 76.0 Å². The van der Waals surface area contributed by atoms with Crippen LogP contribution in [-0.2, 0) is 4.79 Å². The topological polar surface area (TPSA) is 55.8 Å². The Morgan fingerprint density at radius 3 is 1.96 bits per heavy atom. The summed E-state index contributed by atoms with van der Waals surface area (Å²) in [6.45, 7) is 3.17. The van der Waals surface area contributed by atoms with Crippen LogP contribution in [0.2, 0.25) is 0 Å². The van der Waals surface area contributed by atoms with E-state index in [0.717, 1.165) is 49.1 Å². The number of rotatable bonds is 8. The van der Waals surface area contributed by atoms with E-state index in [0.29, 0.717) is 37.5 Å². The molecular formula is C35H34F6O4. The van der Waals surface area contributed by atoms with E-state index in [9.17, 15) is 36.2 Å². The van der Waals surface area contributed by atoms with Crippen LogP contribution in [0.3, 0.4) is 0 Å². The Bertz CT molecular complexity index is 1610. The molecule has 1 saturated carbocycles. The van der Waals surface area contributed by atoms with Crippen molar-refractivity contribution in [3.05, 3.63) is 88.5 Å². The molecule has 2 atom stereocenters. The van der Waals surface area contributed by atoms with Gasteiger partial charge in [0.15, 0.2) is 34.8 Å². The van der Waals surface area contributed by atoms with Crippen molar-refractivity contribution in [1.29, 1.82) is 0 Å². The van der Waals surface area contributed by atoms with E-state index in [4.69, 9.17) is 9.47 Å². The van der Waals surface area contributed by atoms with E-state index >= 15 is 0 Å². The summed E-state index contributed by atoms with van der Waals surface area (Å²) in [4.78, 5) is 12.9. The SMILES string of the molecule is CCOc1ccc(C2=CCC(C3CCC(C(=O)Oc4ccc(-c5ccc(C(C)O)c(F)c5F)c(F)c4F)CC3)CC2)c(F)c1F. The molecule has 0 amide bonds. The van der Waals surface area contributed by atoms with Crippen LogP contribution < -0.4 is 9.47 Å². The Morgan fingerprint density at radius 2 is 1.33 bits per heavy atom. The predicted molar refractivity (Wildman–Crippen MR) is 156 cm³/mol. The Labute approximate surface area is 257 Å². The van der Waals surface area contributed by atoms with Crippen LogP contribution in [0, 0.1) is 52.7 Å². The lowest BCUT2D eigenvalue weighted by Gasteiger charge is -2.35. The van der Waals surface area contributed by atoms with Gasteiger partial charge in [0.05, 0.1) is 18.6 Å². The molecule has 240 valence electrons. The summed E-state index contributed by atoms with van der Waals surface area (Å²) in [6.07, 6.45) is 5.19. The third kappa shape index (κ3) is 6.61. The molecule has 0 aromatic heterocycles. The minimum absolute atomic E-state index is 0.111. The summed E-state index contributed by atoms with van der Waals surface area (Å²) >= 11 is 0. The molecular weight excluding hydrogens is 598 g/mol. The molecule has 0 aliphatic heterocycles. The molecule has 1 fully saturated rings. The van der Waals surface area contributed by atoms with E-state index in [-0.39, 0.29) is 23.5 Å². The van der Waals surface area contributed by atoms with Crippen molar-refractivity contribution in [1.82, 2.24) is 0 Å². The van der Waals surface area contributed by atoms with Crippen LogP contribution in [-0.4, -0.2) is 17.7 Å². The molecule has 0 spiro atoms. The summed E-state index contributed by atoms with van der Waals surface area (Å²) in [6, 6.07) is 7.13. The van der Waals surface area contributed by atoms with Gasteiger partial charge in [0, 0.05) is 22.3 Å². The van der Waals surface area contributed by atoms with Gasteiger partial charge in [-0.2, -0.15) is 8.78 Å². The van der Waals surface area contributed by atoms with Crippen molar-refractivity contribution >= 4 is 11.5 Å². The van der Waals surface area contributed by atoms with Crippen molar-refractivity contribution < 1.29 is 45.7 Å². The third-order valence-electron chi connectivity index (χ3n) is 9.03. The first-order chi connectivity index (χ1) is 21.5. The van der Waals surface area contributed by atoms with Crippen molar-refractivity contribution in [2.24, 2.45) is 17.8 Å². The normalized spacial score (nSPS) is 20.8. The van der Waals surface area contributed by atoms with Crippen LogP contribution in [0.15, 0.2) is 42.5 Å². The standard InChI is InChI=1S/C35H34F6O4/c1-3-44-27-16-14-24(30(37)33(27)40)21-8-4-19(5-9-21)20-6-10-22(11-7-20)35(43)45-28-17-15-26(32(39)34(28)41)25-13-12-23(18(2)42)29(36)31(25)38/h8,12-20,22,42H,3-7,9-11H2,1-2H3. The van der Waals surface area contributed by atoms with Crippen molar-refractivity contribution in [3.8, 4) is 22.6 Å². The molecule has 2 aliphatic carbocycles. The number of benzene rings is 3. The maximum absolute atomic E-state index is 14.9. The quantitative estimate of drug-likeness (QED) is 0.153. The first-order valence-electron chi connectivity index (χ1n) is 15.2. The van der Waals surface area contributed by atoms with Crippen LogP contribution in [0.5, 0.6) is 11.5 Å². The number of hydrogen-bond donors (Lipinski definition) is 1. The molecule has 4 nitrogen and oxygen atoms in total. The zero-order valence-electron chi connectivity index (χ0n) is 24.9. The monoisotopic (exact) mass is 632 g/mol. The molecule has 10 heteroatoms. The zero-order chi connectivity index (χ0) is 32.4. The zero-order valence-corrected chi connectivity index (χ0v) is 24.9. The predicted octanol–water partition coefficient (Wildman–Crippen LogP) is 9.24. The largest absolute Gasteiger partial charge is 0.491 e. The smallest absolute Gasteiger partial charge is 0.314 e. The van der Waals surface area contributed by atoms with Gasteiger partial charge in [0.1, 0.15) is 0 Å². The third-order valence-corrected chi connectivity index (χ3v) is 9.03. The van der Waals surface area contributed by atoms with E-state index in [1.54, 1.807) is 13.0 Å². The van der Waals surface area contributed by atoms with Gasteiger partial charge in [-0.15, -0.1) is 0 Å². The van der Waals surface area contributed by atoms with Crippen LogP contribution in [0.4, 0.5) is 26.3 Å².